The van der Waals surface area contributed by atoms with Crippen molar-refractivity contribution in [3.05, 3.63) is 53.6 Å². The van der Waals surface area contributed by atoms with Gasteiger partial charge in [-0.05, 0) is 62.6 Å². The Labute approximate surface area is 211 Å². The highest BCUT2D eigenvalue weighted by Crippen LogP contribution is 2.28. The van der Waals surface area contributed by atoms with Crippen molar-refractivity contribution in [2.24, 2.45) is 11.0 Å². The van der Waals surface area contributed by atoms with E-state index in [2.05, 4.69) is 15.8 Å². The molecule has 2 aromatic carbocycles. The van der Waals surface area contributed by atoms with Crippen LogP contribution >= 0.6 is 0 Å². The van der Waals surface area contributed by atoms with Crippen LogP contribution < -0.4 is 20.2 Å². The highest BCUT2D eigenvalue weighted by Gasteiger charge is 2.33. The van der Waals surface area contributed by atoms with Crippen LogP contribution in [-0.2, 0) is 19.6 Å². The second-order valence-corrected chi connectivity index (χ2v) is 10.3. The lowest BCUT2D eigenvalue weighted by Crippen LogP contribution is -2.44. The Morgan fingerprint density at radius 3 is 2.61 bits per heavy atom. The van der Waals surface area contributed by atoms with Crippen molar-refractivity contribution in [3.8, 4) is 11.5 Å². The van der Waals surface area contributed by atoms with Crippen LogP contribution in [0.1, 0.15) is 30.9 Å². The monoisotopic (exact) mass is 516 g/mol. The van der Waals surface area contributed by atoms with E-state index in [1.807, 2.05) is 13.8 Å². The number of nitrogens with one attached hydrogen (secondary N) is 2. The Morgan fingerprint density at radius 2 is 1.92 bits per heavy atom. The van der Waals surface area contributed by atoms with Gasteiger partial charge in [0.25, 0.3) is 5.91 Å². The van der Waals surface area contributed by atoms with E-state index < -0.39 is 15.9 Å². The second kappa shape index (κ2) is 12.5. The molecular weight excluding hydrogens is 484 g/mol. The van der Waals surface area contributed by atoms with Crippen molar-refractivity contribution >= 4 is 28.1 Å². The maximum absolute atomic E-state index is 13.0. The molecule has 0 saturated carbocycles. The molecule has 1 heterocycles. The maximum Gasteiger partial charge on any atom is 0.257 e. The van der Waals surface area contributed by atoms with Crippen LogP contribution in [0.2, 0.25) is 0 Å². The topological polar surface area (TPSA) is 126 Å². The number of piperidine rings is 1. The Kier molecular flexibility index (Phi) is 9.43. The zero-order chi connectivity index (χ0) is 26.1. The summed E-state index contributed by atoms with van der Waals surface area (Å²) in [5.74, 6) is -0.263. The highest BCUT2D eigenvalue weighted by atomic mass is 32.2. The fourth-order valence-electron chi connectivity index (χ4n) is 3.77. The molecule has 1 aliphatic rings. The molecule has 1 saturated heterocycles. The zero-order valence-electron chi connectivity index (χ0n) is 20.7. The van der Waals surface area contributed by atoms with E-state index in [9.17, 15) is 18.0 Å². The molecule has 0 aromatic heterocycles. The molecule has 2 amide bonds. The molecule has 0 radical (unpaired) electrons. The van der Waals surface area contributed by atoms with E-state index in [1.165, 1.54) is 17.6 Å². The summed E-state index contributed by atoms with van der Waals surface area (Å²) in [4.78, 5) is 24.5. The highest BCUT2D eigenvalue weighted by molar-refractivity contribution is 7.89. The van der Waals surface area contributed by atoms with Gasteiger partial charge in [-0.3, -0.25) is 9.59 Å². The third kappa shape index (κ3) is 7.05. The van der Waals surface area contributed by atoms with E-state index in [0.717, 1.165) is 5.56 Å². The number of methoxy groups -OCH3 is 1. The third-order valence-electron chi connectivity index (χ3n) is 5.72. The number of nitrogens with zero attached hydrogens (tertiary/aromatic N) is 2. The van der Waals surface area contributed by atoms with Gasteiger partial charge in [-0.2, -0.15) is 9.41 Å². The number of rotatable bonds is 10. The number of hydrogen-bond donors (Lipinski definition) is 2. The van der Waals surface area contributed by atoms with Gasteiger partial charge in [0.15, 0.2) is 18.1 Å². The van der Waals surface area contributed by atoms with E-state index in [4.69, 9.17) is 9.47 Å². The van der Waals surface area contributed by atoms with Gasteiger partial charge in [0, 0.05) is 19.6 Å². The number of likely N-dealkylation sites (N-methyl/N-ethyl adjacent to an activating group) is 1. The summed E-state index contributed by atoms with van der Waals surface area (Å²) in [5, 5.41) is 6.67. The van der Waals surface area contributed by atoms with Crippen molar-refractivity contribution in [1.29, 1.82) is 0 Å². The molecule has 1 atom stereocenters. The molecule has 3 rings (SSSR count). The van der Waals surface area contributed by atoms with E-state index >= 15 is 0 Å². The summed E-state index contributed by atoms with van der Waals surface area (Å²) < 4.78 is 38.2. The number of carbonyl (C=O) groups excluding carboxylic acids is 2. The van der Waals surface area contributed by atoms with E-state index in [1.54, 1.807) is 42.5 Å². The summed E-state index contributed by atoms with van der Waals surface area (Å²) in [6.07, 6.45) is 2.62. The molecule has 1 fully saturated rings. The molecule has 36 heavy (non-hydrogen) atoms. The predicted molar refractivity (Wildman–Crippen MR) is 136 cm³/mol. The first-order chi connectivity index (χ1) is 17.2. The number of ether oxygens (including phenoxy) is 2. The van der Waals surface area contributed by atoms with Crippen molar-refractivity contribution in [3.63, 3.8) is 0 Å². The lowest BCUT2D eigenvalue weighted by atomic mass is 9.99. The summed E-state index contributed by atoms with van der Waals surface area (Å²) >= 11 is 0. The maximum atomic E-state index is 13.0. The van der Waals surface area contributed by atoms with Crippen LogP contribution in [-0.4, -0.2) is 64.1 Å². The number of aryl methyl sites for hydroxylation is 1. The van der Waals surface area contributed by atoms with Crippen LogP contribution in [0.3, 0.4) is 0 Å². The van der Waals surface area contributed by atoms with Crippen molar-refractivity contribution in [2.75, 3.05) is 33.4 Å². The number of hydrazone groups is 1. The van der Waals surface area contributed by atoms with Gasteiger partial charge in [0.05, 0.1) is 24.1 Å². The Morgan fingerprint density at radius 1 is 1.17 bits per heavy atom. The fraction of sp³-hybridized carbons (Fsp3) is 0.400. The SMILES string of the molecule is CCNC(=O)COc1ccc(/C=N\NC(=O)[C@H]2CCCN(S(=O)(=O)c3ccc(C)cc3)C2)cc1OC. The first-order valence-corrected chi connectivity index (χ1v) is 13.2. The van der Waals surface area contributed by atoms with Gasteiger partial charge in [-0.25, -0.2) is 13.8 Å². The van der Waals surface area contributed by atoms with Crippen LogP contribution in [0.15, 0.2) is 52.5 Å². The van der Waals surface area contributed by atoms with Crippen molar-refractivity contribution in [1.82, 2.24) is 15.0 Å². The molecule has 2 N–H and O–H groups in total. The van der Waals surface area contributed by atoms with Gasteiger partial charge in [0.2, 0.25) is 15.9 Å². The van der Waals surface area contributed by atoms with Crippen molar-refractivity contribution < 1.29 is 27.5 Å². The number of hydrogen-bond acceptors (Lipinski definition) is 7. The van der Waals surface area contributed by atoms with Gasteiger partial charge in [0.1, 0.15) is 0 Å². The third-order valence-corrected chi connectivity index (χ3v) is 7.60. The van der Waals surface area contributed by atoms with Gasteiger partial charge in [-0.15, -0.1) is 0 Å². The summed E-state index contributed by atoms with van der Waals surface area (Å²) in [5.41, 5.74) is 4.13. The lowest BCUT2D eigenvalue weighted by Gasteiger charge is -2.30. The number of amides is 2. The van der Waals surface area contributed by atoms with E-state index in [-0.39, 0.29) is 29.9 Å². The Bertz CT molecular complexity index is 1200. The number of benzene rings is 2. The number of carbonyl (C=O) groups is 2. The molecule has 11 heteroatoms. The van der Waals surface area contributed by atoms with Gasteiger partial charge >= 0.3 is 0 Å². The van der Waals surface area contributed by atoms with Crippen LogP contribution in [0.4, 0.5) is 0 Å². The Hall–Kier alpha value is -3.44. The van der Waals surface area contributed by atoms with E-state index in [0.29, 0.717) is 43.0 Å². The van der Waals surface area contributed by atoms with Crippen molar-refractivity contribution in [2.45, 2.75) is 31.6 Å². The molecule has 194 valence electrons. The minimum Gasteiger partial charge on any atom is -0.493 e. The van der Waals surface area contributed by atoms with Gasteiger partial charge in [-0.1, -0.05) is 17.7 Å². The summed E-state index contributed by atoms with van der Waals surface area (Å²) in [6.45, 7) is 4.57. The molecule has 0 aliphatic carbocycles. The molecular formula is C25H32N4O6S. The minimum absolute atomic E-state index is 0.100. The normalized spacial score (nSPS) is 16.5. The fourth-order valence-corrected chi connectivity index (χ4v) is 5.29. The molecule has 2 aromatic rings. The second-order valence-electron chi connectivity index (χ2n) is 8.40. The average Bonchev–Trinajstić information content (AvgIpc) is 2.88. The summed E-state index contributed by atoms with van der Waals surface area (Å²) in [6, 6.07) is 11.7. The molecule has 0 bridgehead atoms. The standard InChI is InChI=1S/C25H32N4O6S/c1-4-26-24(30)17-35-22-12-9-19(14-23(22)34-3)15-27-28-25(31)20-6-5-13-29(16-20)36(32,33)21-10-7-18(2)8-11-21/h7-12,14-15,20H,4-6,13,16-17H2,1-3H3,(H,26,30)(H,28,31)/b27-15-/t20-/m0/s1. The average molecular weight is 517 g/mol. The Balaban J connectivity index is 1.58. The van der Waals surface area contributed by atoms with Crippen LogP contribution in [0, 0.1) is 12.8 Å². The first kappa shape index (κ1) is 27.2. The summed E-state index contributed by atoms with van der Waals surface area (Å²) in [7, 11) is -2.19. The molecule has 0 unspecified atom stereocenters. The van der Waals surface area contributed by atoms with Crippen LogP contribution in [0.25, 0.3) is 0 Å². The van der Waals surface area contributed by atoms with Gasteiger partial charge < -0.3 is 14.8 Å². The predicted octanol–water partition coefficient (Wildman–Crippen LogP) is 2.07. The number of sulfonamides is 1. The first-order valence-electron chi connectivity index (χ1n) is 11.7. The minimum atomic E-state index is -3.67. The quantitative estimate of drug-likeness (QED) is 0.368. The zero-order valence-corrected chi connectivity index (χ0v) is 21.5. The molecule has 1 aliphatic heterocycles. The van der Waals surface area contributed by atoms with Crippen LogP contribution in [0.5, 0.6) is 11.5 Å². The lowest BCUT2D eigenvalue weighted by molar-refractivity contribution is -0.126. The molecule has 0 spiro atoms. The smallest absolute Gasteiger partial charge is 0.257 e. The largest absolute Gasteiger partial charge is 0.493 e. The molecule has 10 nitrogen and oxygen atoms in total.